The first-order valence-corrected chi connectivity index (χ1v) is 11.1. The van der Waals surface area contributed by atoms with E-state index in [4.69, 9.17) is 22.0 Å². The fourth-order valence-electron chi connectivity index (χ4n) is 4.22. The zero-order valence-corrected chi connectivity index (χ0v) is 19.2. The Hall–Kier alpha value is -3.81. The van der Waals surface area contributed by atoms with Gasteiger partial charge in [-0.05, 0) is 55.3 Å². The molecule has 8 heteroatoms. The maximum atomic E-state index is 13.3. The lowest BCUT2D eigenvalue weighted by atomic mass is 9.99. The molecule has 0 radical (unpaired) electrons. The van der Waals surface area contributed by atoms with E-state index in [-0.39, 0.29) is 18.4 Å². The predicted octanol–water partition coefficient (Wildman–Crippen LogP) is 4.79. The maximum Gasteiger partial charge on any atom is 0.272 e. The van der Waals surface area contributed by atoms with Gasteiger partial charge in [0.25, 0.3) is 5.91 Å². The molecule has 1 N–H and O–H groups in total. The van der Waals surface area contributed by atoms with Crippen molar-refractivity contribution in [2.45, 2.75) is 32.9 Å². The van der Waals surface area contributed by atoms with Gasteiger partial charge in [-0.2, -0.15) is 15.6 Å². The molecule has 1 aromatic heterocycles. The van der Waals surface area contributed by atoms with Gasteiger partial charge in [0.15, 0.2) is 0 Å². The molecular formula is C25H23ClN6O. The first kappa shape index (κ1) is 22.4. The minimum Gasteiger partial charge on any atom is -0.385 e. The topological polar surface area (TPSA) is 97.7 Å². The highest BCUT2D eigenvalue weighted by molar-refractivity contribution is 6.31. The van der Waals surface area contributed by atoms with Crippen LogP contribution in [0.5, 0.6) is 0 Å². The van der Waals surface area contributed by atoms with Crippen LogP contribution in [0.15, 0.2) is 42.5 Å². The fraction of sp³-hybridized carbons (Fsp3) is 0.280. The van der Waals surface area contributed by atoms with Crippen molar-refractivity contribution in [3.05, 3.63) is 69.9 Å². The molecule has 3 aromatic rings. The summed E-state index contributed by atoms with van der Waals surface area (Å²) in [4.78, 5) is 15.1. The Labute approximate surface area is 197 Å². The van der Waals surface area contributed by atoms with E-state index in [2.05, 4.69) is 17.5 Å². The Balaban J connectivity index is 1.71. The van der Waals surface area contributed by atoms with Crippen molar-refractivity contribution < 1.29 is 4.79 Å². The average molecular weight is 459 g/mol. The molecule has 2 aromatic carbocycles. The van der Waals surface area contributed by atoms with Crippen molar-refractivity contribution in [2.75, 3.05) is 18.4 Å². The highest BCUT2D eigenvalue weighted by atomic mass is 35.5. The fourth-order valence-corrected chi connectivity index (χ4v) is 4.46. The van der Waals surface area contributed by atoms with Crippen molar-refractivity contribution >= 4 is 23.2 Å². The molecule has 7 nitrogen and oxygen atoms in total. The van der Waals surface area contributed by atoms with Gasteiger partial charge in [-0.15, -0.1) is 0 Å². The highest BCUT2D eigenvalue weighted by Gasteiger charge is 2.31. The zero-order chi connectivity index (χ0) is 23.5. The second kappa shape index (κ2) is 9.36. The SMILES string of the molecule is CCNc1cc(Cl)cc(CC#N)c1-c1cc2n(n1)[C@@H](C)CN(Cc1ccc(C#N)cc1)C2=O. The monoisotopic (exact) mass is 458 g/mol. The minimum absolute atomic E-state index is 0.0147. The summed E-state index contributed by atoms with van der Waals surface area (Å²) in [5, 5.41) is 27.0. The van der Waals surface area contributed by atoms with Crippen LogP contribution in [0.4, 0.5) is 5.69 Å². The van der Waals surface area contributed by atoms with Gasteiger partial charge in [-0.3, -0.25) is 9.48 Å². The quantitative estimate of drug-likeness (QED) is 0.572. The Morgan fingerprint density at radius 1 is 1.21 bits per heavy atom. The van der Waals surface area contributed by atoms with Crippen molar-refractivity contribution in [3.63, 3.8) is 0 Å². The third-order valence-corrected chi connectivity index (χ3v) is 5.90. The molecule has 0 fully saturated rings. The average Bonchev–Trinajstić information content (AvgIpc) is 3.24. The van der Waals surface area contributed by atoms with E-state index in [0.717, 1.165) is 22.4 Å². The number of nitrogens with one attached hydrogen (secondary N) is 1. The van der Waals surface area contributed by atoms with Gasteiger partial charge >= 0.3 is 0 Å². The number of benzene rings is 2. The number of amides is 1. The molecular weight excluding hydrogens is 436 g/mol. The highest BCUT2D eigenvalue weighted by Crippen LogP contribution is 2.36. The molecule has 0 saturated carbocycles. The van der Waals surface area contributed by atoms with Gasteiger partial charge in [0.2, 0.25) is 0 Å². The molecule has 2 heterocycles. The Kier molecular flexibility index (Phi) is 6.35. The molecule has 0 unspecified atom stereocenters. The number of anilines is 1. The van der Waals surface area contributed by atoms with E-state index < -0.39 is 0 Å². The summed E-state index contributed by atoms with van der Waals surface area (Å²) in [5.41, 5.74) is 5.06. The van der Waals surface area contributed by atoms with Gasteiger partial charge in [-0.25, -0.2) is 0 Å². The summed E-state index contributed by atoms with van der Waals surface area (Å²) in [7, 11) is 0. The van der Waals surface area contributed by atoms with E-state index >= 15 is 0 Å². The van der Waals surface area contributed by atoms with Gasteiger partial charge in [0.1, 0.15) is 5.69 Å². The number of nitrogens with zero attached hydrogens (tertiary/aromatic N) is 5. The standard InChI is InChI=1S/C25H23ClN6O/c1-3-29-21-11-20(26)10-19(8-9-27)24(21)22-12-23-25(33)31(14-16(2)32(23)30-22)15-18-6-4-17(13-28)5-7-18/h4-7,10-12,16,29H,3,8,14-15H2,1-2H3/t16-/m0/s1. The van der Waals surface area contributed by atoms with Crippen LogP contribution in [0.3, 0.4) is 0 Å². The van der Waals surface area contributed by atoms with E-state index in [0.29, 0.717) is 41.6 Å². The van der Waals surface area contributed by atoms with Gasteiger partial charge in [0, 0.05) is 35.9 Å². The molecule has 0 saturated heterocycles. The molecule has 1 aliphatic heterocycles. The molecule has 4 rings (SSSR count). The number of hydrogen-bond acceptors (Lipinski definition) is 5. The largest absolute Gasteiger partial charge is 0.385 e. The number of hydrogen-bond donors (Lipinski definition) is 1. The van der Waals surface area contributed by atoms with Crippen molar-refractivity contribution in [1.82, 2.24) is 14.7 Å². The van der Waals surface area contributed by atoms with Crippen LogP contribution < -0.4 is 5.32 Å². The lowest BCUT2D eigenvalue weighted by Gasteiger charge is -2.31. The zero-order valence-electron chi connectivity index (χ0n) is 18.5. The van der Waals surface area contributed by atoms with Crippen LogP contribution in [0.1, 0.15) is 47.1 Å². The van der Waals surface area contributed by atoms with Crippen LogP contribution >= 0.6 is 11.6 Å². The summed E-state index contributed by atoms with van der Waals surface area (Å²) in [6.07, 6.45) is 0.185. The number of halogens is 1. The number of carbonyl (C=O) groups is 1. The normalized spacial score (nSPS) is 15.0. The number of fused-ring (bicyclic) bond motifs is 1. The summed E-state index contributed by atoms with van der Waals surface area (Å²) < 4.78 is 1.77. The lowest BCUT2D eigenvalue weighted by Crippen LogP contribution is -2.41. The third kappa shape index (κ3) is 4.41. The minimum atomic E-state index is -0.1000. The summed E-state index contributed by atoms with van der Waals surface area (Å²) in [6, 6.07) is 17.0. The number of carbonyl (C=O) groups excluding carboxylic acids is 1. The summed E-state index contributed by atoms with van der Waals surface area (Å²) >= 11 is 6.29. The Morgan fingerprint density at radius 2 is 1.97 bits per heavy atom. The molecule has 33 heavy (non-hydrogen) atoms. The molecule has 166 valence electrons. The van der Waals surface area contributed by atoms with Crippen molar-refractivity contribution in [1.29, 1.82) is 10.5 Å². The first-order chi connectivity index (χ1) is 15.9. The Morgan fingerprint density at radius 3 is 2.64 bits per heavy atom. The van der Waals surface area contributed by atoms with E-state index in [1.54, 1.807) is 33.8 Å². The first-order valence-electron chi connectivity index (χ1n) is 10.8. The van der Waals surface area contributed by atoms with E-state index in [1.165, 1.54) is 0 Å². The molecule has 0 spiro atoms. The van der Waals surface area contributed by atoms with Crippen LogP contribution in [-0.4, -0.2) is 33.7 Å². The van der Waals surface area contributed by atoms with Crippen molar-refractivity contribution in [3.8, 4) is 23.4 Å². The van der Waals surface area contributed by atoms with Crippen LogP contribution in [0, 0.1) is 22.7 Å². The molecule has 1 aliphatic rings. The van der Waals surface area contributed by atoms with E-state index in [9.17, 15) is 10.1 Å². The molecule has 0 aliphatic carbocycles. The smallest absolute Gasteiger partial charge is 0.272 e. The summed E-state index contributed by atoms with van der Waals surface area (Å²) in [5.74, 6) is -0.1000. The van der Waals surface area contributed by atoms with E-state index in [1.807, 2.05) is 32.0 Å². The molecule has 1 amide bonds. The van der Waals surface area contributed by atoms with Crippen LogP contribution in [-0.2, 0) is 13.0 Å². The second-order valence-corrected chi connectivity index (χ2v) is 8.49. The third-order valence-electron chi connectivity index (χ3n) is 5.68. The number of rotatable bonds is 6. The van der Waals surface area contributed by atoms with Gasteiger partial charge in [-0.1, -0.05) is 23.7 Å². The van der Waals surface area contributed by atoms with Crippen molar-refractivity contribution in [2.24, 2.45) is 0 Å². The maximum absolute atomic E-state index is 13.3. The van der Waals surface area contributed by atoms with Crippen LogP contribution in [0.25, 0.3) is 11.3 Å². The number of aromatic nitrogens is 2. The number of nitriles is 2. The predicted molar refractivity (Wildman–Crippen MR) is 127 cm³/mol. The van der Waals surface area contributed by atoms with Gasteiger partial charge < -0.3 is 10.2 Å². The molecule has 1 atom stereocenters. The lowest BCUT2D eigenvalue weighted by molar-refractivity contribution is 0.0651. The Bertz CT molecular complexity index is 1280. The van der Waals surface area contributed by atoms with Gasteiger partial charge in [0.05, 0.1) is 35.9 Å². The molecule has 0 bridgehead atoms. The van der Waals surface area contributed by atoms with Crippen LogP contribution in [0.2, 0.25) is 5.02 Å². The summed E-state index contributed by atoms with van der Waals surface area (Å²) in [6.45, 7) is 5.68. The second-order valence-electron chi connectivity index (χ2n) is 8.06.